The van der Waals surface area contributed by atoms with Crippen molar-refractivity contribution in [3.05, 3.63) is 35.3 Å². The molecule has 3 N–H and O–H groups in total. The van der Waals surface area contributed by atoms with Gasteiger partial charge in [0.05, 0.1) is 5.56 Å². The predicted molar refractivity (Wildman–Crippen MR) is 36.4 cm³/mol. The Bertz CT molecular complexity index is 259. The maximum atomic E-state index is 10.6. The number of nitrogens with one attached hydrogen (secondary N) is 1. The number of aromatic nitrogens is 1. The molecule has 0 bridgehead atoms. The average Bonchev–Trinajstić information content (AvgIpc) is 1.88. The molecule has 0 aliphatic rings. The maximum Gasteiger partial charge on any atom is 0.191 e. The second kappa shape index (κ2) is 2.34. The van der Waals surface area contributed by atoms with Crippen molar-refractivity contribution in [2.24, 2.45) is 5.73 Å². The lowest BCUT2D eigenvalue weighted by Gasteiger charge is -1.96. The molecule has 1 aromatic rings. The lowest BCUT2D eigenvalue weighted by Crippen LogP contribution is -2.27. The summed E-state index contributed by atoms with van der Waals surface area (Å²) in [5.41, 5.74) is 5.56. The van der Waals surface area contributed by atoms with Crippen molar-refractivity contribution in [2.75, 3.05) is 0 Å². The Labute approximate surface area is 58.0 Å². The summed E-state index contributed by atoms with van der Waals surface area (Å²) in [5, 5.41) is 17.5. The standard InChI is InChI=1S/C6H7N3O/c7-6(8)5-2-1-3-9(10)4-5/h1-4H,(H3,7,8). The van der Waals surface area contributed by atoms with E-state index in [1.807, 2.05) is 0 Å². The zero-order valence-corrected chi connectivity index (χ0v) is 5.24. The summed E-state index contributed by atoms with van der Waals surface area (Å²) in [5.74, 6) is -0.0924. The van der Waals surface area contributed by atoms with E-state index < -0.39 is 0 Å². The fourth-order valence-corrected chi connectivity index (χ4v) is 0.614. The fourth-order valence-electron chi connectivity index (χ4n) is 0.614. The van der Waals surface area contributed by atoms with Crippen LogP contribution in [-0.2, 0) is 0 Å². The van der Waals surface area contributed by atoms with Crippen molar-refractivity contribution in [1.82, 2.24) is 0 Å². The summed E-state index contributed by atoms with van der Waals surface area (Å²) < 4.78 is 0.608. The van der Waals surface area contributed by atoms with E-state index in [0.717, 1.165) is 0 Å². The minimum atomic E-state index is -0.0924. The first-order chi connectivity index (χ1) is 4.70. The molecule has 10 heavy (non-hydrogen) atoms. The molecule has 0 aromatic carbocycles. The van der Waals surface area contributed by atoms with Crippen molar-refractivity contribution >= 4 is 5.84 Å². The molecule has 0 radical (unpaired) electrons. The fraction of sp³-hybridized carbons (Fsp3) is 0. The molecule has 1 aromatic heterocycles. The second-order valence-corrected chi connectivity index (χ2v) is 1.87. The monoisotopic (exact) mass is 137 g/mol. The molecule has 1 rings (SSSR count). The van der Waals surface area contributed by atoms with Crippen molar-refractivity contribution in [3.63, 3.8) is 0 Å². The molecule has 0 atom stereocenters. The van der Waals surface area contributed by atoms with Gasteiger partial charge in [0.1, 0.15) is 5.84 Å². The highest BCUT2D eigenvalue weighted by Gasteiger charge is 1.97. The second-order valence-electron chi connectivity index (χ2n) is 1.87. The van der Waals surface area contributed by atoms with Crippen LogP contribution in [0.2, 0.25) is 0 Å². The number of amidine groups is 1. The summed E-state index contributed by atoms with van der Waals surface area (Å²) in [6.07, 6.45) is 2.59. The highest BCUT2D eigenvalue weighted by Crippen LogP contribution is 1.90. The molecule has 4 nitrogen and oxygen atoms in total. The van der Waals surface area contributed by atoms with Crippen LogP contribution < -0.4 is 10.5 Å². The highest BCUT2D eigenvalue weighted by molar-refractivity contribution is 5.94. The van der Waals surface area contributed by atoms with Gasteiger partial charge in [0, 0.05) is 6.07 Å². The zero-order chi connectivity index (χ0) is 7.56. The van der Waals surface area contributed by atoms with E-state index in [0.29, 0.717) is 10.3 Å². The predicted octanol–water partition coefficient (Wildman–Crippen LogP) is -0.396. The van der Waals surface area contributed by atoms with Gasteiger partial charge in [-0.3, -0.25) is 5.41 Å². The van der Waals surface area contributed by atoms with Gasteiger partial charge in [-0.2, -0.15) is 4.73 Å². The summed E-state index contributed by atoms with van der Waals surface area (Å²) in [6, 6.07) is 3.15. The molecule has 4 heteroatoms. The molecular weight excluding hydrogens is 130 g/mol. The first kappa shape index (κ1) is 6.54. The molecule has 0 spiro atoms. The van der Waals surface area contributed by atoms with E-state index in [-0.39, 0.29) is 5.84 Å². The Morgan fingerprint density at radius 3 is 2.80 bits per heavy atom. The Kier molecular flexibility index (Phi) is 1.53. The first-order valence-electron chi connectivity index (χ1n) is 2.73. The number of hydrogen-bond donors (Lipinski definition) is 2. The Balaban J connectivity index is 3.07. The molecule has 0 fully saturated rings. The lowest BCUT2D eigenvalue weighted by molar-refractivity contribution is -0.605. The average molecular weight is 137 g/mol. The lowest BCUT2D eigenvalue weighted by atomic mass is 10.3. The van der Waals surface area contributed by atoms with Gasteiger partial charge in [-0.1, -0.05) is 0 Å². The van der Waals surface area contributed by atoms with Gasteiger partial charge in [0.2, 0.25) is 0 Å². The molecule has 0 amide bonds. The summed E-state index contributed by atoms with van der Waals surface area (Å²) >= 11 is 0. The third kappa shape index (κ3) is 1.22. The van der Waals surface area contributed by atoms with E-state index in [2.05, 4.69) is 0 Å². The van der Waals surface area contributed by atoms with E-state index in [4.69, 9.17) is 11.1 Å². The number of hydrogen-bond acceptors (Lipinski definition) is 2. The molecule has 0 aliphatic carbocycles. The van der Waals surface area contributed by atoms with Gasteiger partial charge in [0.25, 0.3) is 0 Å². The van der Waals surface area contributed by atoms with Crippen LogP contribution in [0.5, 0.6) is 0 Å². The molecule has 0 saturated carbocycles. The van der Waals surface area contributed by atoms with Crippen LogP contribution >= 0.6 is 0 Å². The molecule has 0 aliphatic heterocycles. The van der Waals surface area contributed by atoms with Crippen LogP contribution in [0.1, 0.15) is 5.56 Å². The Morgan fingerprint density at radius 1 is 1.70 bits per heavy atom. The van der Waals surface area contributed by atoms with Crippen LogP contribution in [0, 0.1) is 10.6 Å². The first-order valence-corrected chi connectivity index (χ1v) is 2.73. The van der Waals surface area contributed by atoms with Gasteiger partial charge in [-0.15, -0.1) is 0 Å². The van der Waals surface area contributed by atoms with E-state index in [9.17, 15) is 5.21 Å². The Morgan fingerprint density at radius 2 is 2.40 bits per heavy atom. The quantitative estimate of drug-likeness (QED) is 0.239. The number of rotatable bonds is 1. The van der Waals surface area contributed by atoms with Crippen molar-refractivity contribution in [2.45, 2.75) is 0 Å². The number of pyridine rings is 1. The molecule has 52 valence electrons. The van der Waals surface area contributed by atoms with Crippen LogP contribution in [-0.4, -0.2) is 5.84 Å². The Hall–Kier alpha value is -1.58. The van der Waals surface area contributed by atoms with Gasteiger partial charge >= 0.3 is 0 Å². The van der Waals surface area contributed by atoms with E-state index in [1.165, 1.54) is 12.4 Å². The number of nitrogens with zero attached hydrogens (tertiary/aromatic N) is 1. The van der Waals surface area contributed by atoms with Crippen LogP contribution in [0.25, 0.3) is 0 Å². The molecule has 0 saturated heterocycles. The van der Waals surface area contributed by atoms with Gasteiger partial charge in [-0.05, 0) is 6.07 Å². The maximum absolute atomic E-state index is 10.6. The largest absolute Gasteiger partial charge is 0.619 e. The summed E-state index contributed by atoms with van der Waals surface area (Å²) in [7, 11) is 0. The van der Waals surface area contributed by atoms with Crippen molar-refractivity contribution in [3.8, 4) is 0 Å². The minimum absolute atomic E-state index is 0.0924. The normalized spacial score (nSPS) is 9.20. The third-order valence-electron chi connectivity index (χ3n) is 1.09. The van der Waals surface area contributed by atoms with Crippen LogP contribution in [0.3, 0.4) is 0 Å². The van der Waals surface area contributed by atoms with Crippen LogP contribution in [0.15, 0.2) is 24.5 Å². The smallest absolute Gasteiger partial charge is 0.191 e. The molecule has 0 unspecified atom stereocenters. The summed E-state index contributed by atoms with van der Waals surface area (Å²) in [6.45, 7) is 0. The van der Waals surface area contributed by atoms with Gasteiger partial charge in [-0.25, -0.2) is 0 Å². The highest BCUT2D eigenvalue weighted by atomic mass is 16.5. The topological polar surface area (TPSA) is 76.8 Å². The molecular formula is C6H7N3O. The van der Waals surface area contributed by atoms with Gasteiger partial charge in [0.15, 0.2) is 12.4 Å². The van der Waals surface area contributed by atoms with Gasteiger partial charge < -0.3 is 10.9 Å². The van der Waals surface area contributed by atoms with E-state index in [1.54, 1.807) is 12.1 Å². The number of nitrogens with two attached hydrogens (primary N) is 1. The van der Waals surface area contributed by atoms with Crippen LogP contribution in [0.4, 0.5) is 0 Å². The van der Waals surface area contributed by atoms with E-state index >= 15 is 0 Å². The molecule has 1 heterocycles. The van der Waals surface area contributed by atoms with Crippen molar-refractivity contribution in [1.29, 1.82) is 5.41 Å². The van der Waals surface area contributed by atoms with Crippen molar-refractivity contribution < 1.29 is 4.73 Å². The SMILES string of the molecule is N=C(N)c1ccc[n+]([O-])c1. The third-order valence-corrected chi connectivity index (χ3v) is 1.09. The summed E-state index contributed by atoms with van der Waals surface area (Å²) in [4.78, 5) is 0. The minimum Gasteiger partial charge on any atom is -0.619 e. The number of nitrogen functional groups attached to an aromatic ring is 1. The zero-order valence-electron chi connectivity index (χ0n) is 5.24.